The van der Waals surface area contributed by atoms with Gasteiger partial charge in [0.1, 0.15) is 17.9 Å². The summed E-state index contributed by atoms with van der Waals surface area (Å²) in [5, 5.41) is 1.11. The van der Waals surface area contributed by atoms with E-state index in [4.69, 9.17) is 25.5 Å². The standard InChI is InChI=1S/C23H16BrClO4/c1-27-20-11-8-15(12-18(20)24)22-23(28-13-14-6-9-16(25)10-7-14)21(26)17-4-2-3-5-19(17)29-22/h2-12H,13H2,1H3. The Morgan fingerprint density at radius 3 is 2.52 bits per heavy atom. The second-order valence-electron chi connectivity index (χ2n) is 6.35. The average molecular weight is 472 g/mol. The maximum atomic E-state index is 13.2. The molecule has 0 atom stereocenters. The van der Waals surface area contributed by atoms with Crippen LogP contribution in [0.2, 0.25) is 5.02 Å². The van der Waals surface area contributed by atoms with E-state index in [9.17, 15) is 4.79 Å². The molecule has 4 aromatic rings. The van der Waals surface area contributed by atoms with Gasteiger partial charge in [-0.1, -0.05) is 35.9 Å². The third-order valence-electron chi connectivity index (χ3n) is 4.47. The molecule has 29 heavy (non-hydrogen) atoms. The Kier molecular flexibility index (Phi) is 5.60. The van der Waals surface area contributed by atoms with E-state index in [2.05, 4.69) is 15.9 Å². The van der Waals surface area contributed by atoms with Crippen molar-refractivity contribution in [2.45, 2.75) is 6.61 Å². The van der Waals surface area contributed by atoms with Crippen molar-refractivity contribution in [3.8, 4) is 22.8 Å². The van der Waals surface area contributed by atoms with Crippen LogP contribution >= 0.6 is 27.5 Å². The van der Waals surface area contributed by atoms with Gasteiger partial charge < -0.3 is 13.9 Å². The van der Waals surface area contributed by atoms with E-state index in [0.29, 0.717) is 33.1 Å². The van der Waals surface area contributed by atoms with Gasteiger partial charge in [0.2, 0.25) is 11.2 Å². The Bertz CT molecular complexity index is 1230. The number of halogens is 2. The predicted molar refractivity (Wildman–Crippen MR) is 118 cm³/mol. The summed E-state index contributed by atoms with van der Waals surface area (Å²) in [6.07, 6.45) is 0. The Morgan fingerprint density at radius 1 is 1.03 bits per heavy atom. The molecular weight excluding hydrogens is 456 g/mol. The summed E-state index contributed by atoms with van der Waals surface area (Å²) >= 11 is 9.43. The molecule has 0 unspecified atom stereocenters. The van der Waals surface area contributed by atoms with Crippen molar-refractivity contribution in [1.82, 2.24) is 0 Å². The second-order valence-corrected chi connectivity index (χ2v) is 7.64. The van der Waals surface area contributed by atoms with E-state index in [-0.39, 0.29) is 17.8 Å². The Labute approximate surface area is 180 Å². The van der Waals surface area contributed by atoms with Crippen LogP contribution in [0, 0.1) is 0 Å². The molecule has 6 heteroatoms. The molecule has 1 heterocycles. The minimum Gasteiger partial charge on any atom is -0.496 e. The summed E-state index contributed by atoms with van der Waals surface area (Å²) in [4.78, 5) is 13.2. The number of hydrogen-bond donors (Lipinski definition) is 0. The number of hydrogen-bond acceptors (Lipinski definition) is 4. The van der Waals surface area contributed by atoms with E-state index in [0.717, 1.165) is 10.0 Å². The third kappa shape index (κ3) is 4.02. The van der Waals surface area contributed by atoms with Gasteiger partial charge in [-0.3, -0.25) is 4.79 Å². The molecule has 0 bridgehead atoms. The first-order chi connectivity index (χ1) is 14.1. The van der Waals surface area contributed by atoms with Crippen LogP contribution in [0.3, 0.4) is 0 Å². The van der Waals surface area contributed by atoms with Crippen molar-refractivity contribution in [2.75, 3.05) is 7.11 Å². The minimum absolute atomic E-state index is 0.163. The quantitative estimate of drug-likeness (QED) is 0.335. The fraction of sp³-hybridized carbons (Fsp3) is 0.0870. The van der Waals surface area contributed by atoms with E-state index >= 15 is 0 Å². The molecule has 1 aromatic heterocycles. The van der Waals surface area contributed by atoms with Crippen molar-refractivity contribution >= 4 is 38.5 Å². The van der Waals surface area contributed by atoms with Crippen LogP contribution in [0.1, 0.15) is 5.56 Å². The molecule has 3 aromatic carbocycles. The van der Waals surface area contributed by atoms with Crippen LogP contribution in [0.15, 0.2) is 80.4 Å². The van der Waals surface area contributed by atoms with Gasteiger partial charge >= 0.3 is 0 Å². The molecule has 4 rings (SSSR count). The lowest BCUT2D eigenvalue weighted by molar-refractivity contribution is 0.298. The van der Waals surface area contributed by atoms with Gasteiger partial charge in [0.25, 0.3) is 0 Å². The summed E-state index contributed by atoms with van der Waals surface area (Å²) in [6, 6.07) is 19.9. The molecule has 0 N–H and O–H groups in total. The number of ether oxygens (including phenoxy) is 2. The van der Waals surface area contributed by atoms with Crippen LogP contribution < -0.4 is 14.9 Å². The molecule has 146 valence electrons. The van der Waals surface area contributed by atoms with Crippen molar-refractivity contribution in [3.05, 3.63) is 92.0 Å². The predicted octanol–water partition coefficient (Wildman–Crippen LogP) is 6.46. The van der Waals surface area contributed by atoms with Crippen LogP contribution in [0.4, 0.5) is 0 Å². The largest absolute Gasteiger partial charge is 0.496 e. The highest BCUT2D eigenvalue weighted by molar-refractivity contribution is 9.10. The first-order valence-electron chi connectivity index (χ1n) is 8.84. The summed E-state index contributed by atoms with van der Waals surface area (Å²) in [7, 11) is 1.59. The number of fused-ring (bicyclic) bond motifs is 1. The molecule has 0 fully saturated rings. The lowest BCUT2D eigenvalue weighted by Crippen LogP contribution is -2.10. The first kappa shape index (κ1) is 19.6. The molecule has 0 aliphatic carbocycles. The van der Waals surface area contributed by atoms with E-state index in [1.807, 2.05) is 30.3 Å². The zero-order valence-electron chi connectivity index (χ0n) is 15.4. The number of para-hydroxylation sites is 1. The zero-order chi connectivity index (χ0) is 20.4. The Hall–Kier alpha value is -2.76. The van der Waals surface area contributed by atoms with Gasteiger partial charge in [-0.15, -0.1) is 0 Å². The second kappa shape index (κ2) is 8.31. The van der Waals surface area contributed by atoms with Crippen LogP contribution in [-0.4, -0.2) is 7.11 Å². The fourth-order valence-corrected chi connectivity index (χ4v) is 3.66. The lowest BCUT2D eigenvalue weighted by Gasteiger charge is -2.13. The first-order valence-corrected chi connectivity index (χ1v) is 10.0. The molecule has 0 saturated heterocycles. The zero-order valence-corrected chi connectivity index (χ0v) is 17.8. The molecule has 0 aliphatic rings. The molecular formula is C23H16BrClO4. The van der Waals surface area contributed by atoms with Gasteiger partial charge in [0, 0.05) is 10.6 Å². The monoisotopic (exact) mass is 470 g/mol. The van der Waals surface area contributed by atoms with Gasteiger partial charge in [-0.05, 0) is 64.0 Å². The number of benzene rings is 3. The van der Waals surface area contributed by atoms with Crippen LogP contribution in [0.25, 0.3) is 22.3 Å². The topological polar surface area (TPSA) is 48.7 Å². The van der Waals surface area contributed by atoms with Crippen molar-refractivity contribution < 1.29 is 13.9 Å². The highest BCUT2D eigenvalue weighted by Gasteiger charge is 2.19. The van der Waals surface area contributed by atoms with Crippen molar-refractivity contribution in [2.24, 2.45) is 0 Å². The Morgan fingerprint density at radius 2 is 1.79 bits per heavy atom. The minimum atomic E-state index is -0.220. The summed E-state index contributed by atoms with van der Waals surface area (Å²) in [5.74, 6) is 1.21. The summed E-state index contributed by atoms with van der Waals surface area (Å²) in [5.41, 5.74) is 1.87. The summed E-state index contributed by atoms with van der Waals surface area (Å²) < 4.78 is 18.1. The molecule has 0 saturated carbocycles. The van der Waals surface area contributed by atoms with E-state index in [1.165, 1.54) is 0 Å². The third-order valence-corrected chi connectivity index (χ3v) is 5.34. The van der Waals surface area contributed by atoms with Gasteiger partial charge in [-0.2, -0.15) is 0 Å². The molecule has 0 spiro atoms. The van der Waals surface area contributed by atoms with Crippen molar-refractivity contribution in [3.63, 3.8) is 0 Å². The van der Waals surface area contributed by atoms with Gasteiger partial charge in [0.15, 0.2) is 5.76 Å². The molecule has 0 radical (unpaired) electrons. The van der Waals surface area contributed by atoms with Crippen LogP contribution in [-0.2, 0) is 6.61 Å². The molecule has 4 nitrogen and oxygen atoms in total. The Balaban J connectivity index is 1.83. The summed E-state index contributed by atoms with van der Waals surface area (Å²) in [6.45, 7) is 0.213. The molecule has 0 amide bonds. The fourth-order valence-electron chi connectivity index (χ4n) is 2.99. The SMILES string of the molecule is COc1ccc(-c2oc3ccccc3c(=O)c2OCc2ccc(Cl)cc2)cc1Br. The van der Waals surface area contributed by atoms with E-state index in [1.54, 1.807) is 43.5 Å². The molecule has 0 aliphatic heterocycles. The van der Waals surface area contributed by atoms with Crippen molar-refractivity contribution in [1.29, 1.82) is 0 Å². The highest BCUT2D eigenvalue weighted by Crippen LogP contribution is 2.35. The number of methoxy groups -OCH3 is 1. The number of rotatable bonds is 5. The maximum Gasteiger partial charge on any atom is 0.235 e. The maximum absolute atomic E-state index is 13.2. The smallest absolute Gasteiger partial charge is 0.235 e. The van der Waals surface area contributed by atoms with E-state index < -0.39 is 0 Å². The lowest BCUT2D eigenvalue weighted by atomic mass is 10.1. The average Bonchev–Trinajstić information content (AvgIpc) is 2.74. The van der Waals surface area contributed by atoms with Gasteiger partial charge in [0.05, 0.1) is 17.0 Å². The van der Waals surface area contributed by atoms with Crippen LogP contribution in [0.5, 0.6) is 11.5 Å². The normalized spacial score (nSPS) is 10.9. The highest BCUT2D eigenvalue weighted by atomic mass is 79.9. The van der Waals surface area contributed by atoms with Gasteiger partial charge in [-0.25, -0.2) is 0 Å².